The molecule has 14 heteroatoms. The fourth-order valence-electron chi connectivity index (χ4n) is 5.04. The number of halogens is 1. The molecule has 1 atom stereocenters. The number of anilines is 6. The Morgan fingerprint density at radius 3 is 2.52 bits per heavy atom. The Morgan fingerprint density at radius 2 is 1.83 bits per heavy atom. The van der Waals surface area contributed by atoms with Crippen LogP contribution in [0, 0.1) is 6.92 Å². The second-order valence-electron chi connectivity index (χ2n) is 10.4. The smallest absolute Gasteiger partial charge is 0.232 e. The zero-order valence-electron chi connectivity index (χ0n) is 24.4. The van der Waals surface area contributed by atoms with Crippen LogP contribution in [0.3, 0.4) is 0 Å². The topological polar surface area (TPSA) is 129 Å². The Bertz CT molecular complexity index is 1740. The number of hydrogen-bond acceptors (Lipinski definition) is 11. The number of aromatic nitrogens is 4. The highest BCUT2D eigenvalue weighted by Crippen LogP contribution is 2.38. The van der Waals surface area contributed by atoms with E-state index in [4.69, 9.17) is 4.74 Å². The quantitative estimate of drug-likeness (QED) is 0.264. The number of hydrogen-bond donors (Lipinski definition) is 2. The van der Waals surface area contributed by atoms with Crippen molar-refractivity contribution in [1.82, 2.24) is 24.8 Å². The SMILES string of the molecule is COc1cc(N2CCC(N(C)C)C2)c(C)cc1Nc1ncc(Br)c(Nc2ccc3nccnc3c2N(C)S(C)(=O)=O)n1. The maximum atomic E-state index is 12.5. The summed E-state index contributed by atoms with van der Waals surface area (Å²) in [6, 6.07) is 8.13. The lowest BCUT2D eigenvalue weighted by atomic mass is 10.1. The van der Waals surface area contributed by atoms with Gasteiger partial charge in [0.1, 0.15) is 22.8 Å². The molecule has 42 heavy (non-hydrogen) atoms. The molecule has 2 aromatic heterocycles. The maximum Gasteiger partial charge on any atom is 0.232 e. The third-order valence-electron chi connectivity index (χ3n) is 7.42. The van der Waals surface area contributed by atoms with Gasteiger partial charge in [-0.15, -0.1) is 0 Å². The van der Waals surface area contributed by atoms with Gasteiger partial charge in [0, 0.05) is 56.5 Å². The molecule has 1 aliphatic rings. The maximum absolute atomic E-state index is 12.5. The van der Waals surface area contributed by atoms with Gasteiger partial charge in [0.05, 0.1) is 34.7 Å². The van der Waals surface area contributed by atoms with E-state index in [0.717, 1.165) is 42.7 Å². The van der Waals surface area contributed by atoms with Crippen molar-refractivity contribution in [2.45, 2.75) is 19.4 Å². The second-order valence-corrected chi connectivity index (χ2v) is 13.3. The van der Waals surface area contributed by atoms with E-state index in [1.165, 1.54) is 17.5 Å². The monoisotopic (exact) mass is 655 g/mol. The van der Waals surface area contributed by atoms with Crippen molar-refractivity contribution in [1.29, 1.82) is 0 Å². The minimum Gasteiger partial charge on any atom is -0.494 e. The first kappa shape index (κ1) is 29.7. The summed E-state index contributed by atoms with van der Waals surface area (Å²) in [5.41, 5.74) is 4.83. The van der Waals surface area contributed by atoms with Gasteiger partial charge in [-0.3, -0.25) is 14.3 Å². The van der Waals surface area contributed by atoms with E-state index >= 15 is 0 Å². The minimum atomic E-state index is -3.60. The molecule has 0 spiro atoms. The van der Waals surface area contributed by atoms with E-state index in [1.807, 2.05) is 6.07 Å². The van der Waals surface area contributed by atoms with Gasteiger partial charge in [-0.05, 0) is 67.1 Å². The van der Waals surface area contributed by atoms with Crippen molar-refractivity contribution in [3.8, 4) is 5.75 Å². The number of nitrogens with one attached hydrogen (secondary N) is 2. The summed E-state index contributed by atoms with van der Waals surface area (Å²) in [4.78, 5) is 22.5. The van der Waals surface area contributed by atoms with E-state index in [9.17, 15) is 8.42 Å². The Labute approximate surface area is 254 Å². The van der Waals surface area contributed by atoms with Gasteiger partial charge in [-0.1, -0.05) is 0 Å². The van der Waals surface area contributed by atoms with Crippen molar-refractivity contribution in [3.63, 3.8) is 0 Å². The molecule has 0 amide bonds. The van der Waals surface area contributed by atoms with E-state index in [0.29, 0.717) is 50.4 Å². The number of rotatable bonds is 9. The number of sulfonamides is 1. The molecule has 0 saturated carbocycles. The van der Waals surface area contributed by atoms with Crippen LogP contribution in [-0.4, -0.2) is 86.9 Å². The van der Waals surface area contributed by atoms with Crippen LogP contribution in [0.25, 0.3) is 11.0 Å². The third kappa shape index (κ3) is 6.05. The average molecular weight is 657 g/mol. The van der Waals surface area contributed by atoms with Crippen molar-refractivity contribution in [2.24, 2.45) is 0 Å². The number of benzene rings is 2. The van der Waals surface area contributed by atoms with E-state index in [-0.39, 0.29) is 0 Å². The van der Waals surface area contributed by atoms with Crippen LogP contribution in [0.4, 0.5) is 34.5 Å². The Balaban J connectivity index is 1.46. The van der Waals surface area contributed by atoms with Crippen LogP contribution in [0.5, 0.6) is 5.75 Å². The van der Waals surface area contributed by atoms with Crippen molar-refractivity contribution in [3.05, 3.63) is 52.9 Å². The highest BCUT2D eigenvalue weighted by molar-refractivity contribution is 9.10. The highest BCUT2D eigenvalue weighted by atomic mass is 79.9. The van der Waals surface area contributed by atoms with Gasteiger partial charge < -0.3 is 25.2 Å². The van der Waals surface area contributed by atoms with Crippen molar-refractivity contribution >= 4 is 71.5 Å². The van der Waals surface area contributed by atoms with Gasteiger partial charge in [0.25, 0.3) is 0 Å². The molecule has 222 valence electrons. The minimum absolute atomic E-state index is 0.332. The zero-order valence-corrected chi connectivity index (χ0v) is 26.8. The van der Waals surface area contributed by atoms with Crippen LogP contribution in [-0.2, 0) is 10.0 Å². The molecule has 0 radical (unpaired) electrons. The number of methoxy groups -OCH3 is 1. The average Bonchev–Trinajstić information content (AvgIpc) is 3.44. The number of fused-ring (bicyclic) bond motifs is 1. The fourth-order valence-corrected chi connectivity index (χ4v) is 5.84. The zero-order chi connectivity index (χ0) is 30.2. The molecule has 12 nitrogen and oxygen atoms in total. The summed E-state index contributed by atoms with van der Waals surface area (Å²) in [5, 5.41) is 6.55. The van der Waals surface area contributed by atoms with Crippen LogP contribution in [0.15, 0.2) is 47.3 Å². The molecule has 5 rings (SSSR count). The predicted molar refractivity (Wildman–Crippen MR) is 171 cm³/mol. The summed E-state index contributed by atoms with van der Waals surface area (Å²) < 4.78 is 32.6. The lowest BCUT2D eigenvalue weighted by Gasteiger charge is -2.25. The molecule has 0 aliphatic carbocycles. The van der Waals surface area contributed by atoms with Crippen molar-refractivity contribution < 1.29 is 13.2 Å². The van der Waals surface area contributed by atoms with Crippen LogP contribution >= 0.6 is 15.9 Å². The number of nitrogens with zero attached hydrogens (tertiary/aromatic N) is 7. The van der Waals surface area contributed by atoms with Gasteiger partial charge in [0.2, 0.25) is 16.0 Å². The standard InChI is InChI=1S/C28H34BrN9O3S/c1-17-13-22(24(41-5)14-23(17)38-12-9-18(16-38)36(2)3)34-28-32-15-19(29)27(35-28)33-21-8-7-20-25(31-11-10-30-20)26(21)37(4)42(6,39)40/h7-8,10-11,13-15,18H,9,12,16H2,1-6H3,(H2,32,33,34,35). The molecule has 2 aromatic carbocycles. The van der Waals surface area contributed by atoms with Gasteiger partial charge in [-0.25, -0.2) is 13.4 Å². The molecule has 3 heterocycles. The van der Waals surface area contributed by atoms with E-state index < -0.39 is 10.0 Å². The Hall–Kier alpha value is -3.75. The number of aryl methyl sites for hydroxylation is 1. The molecule has 0 bridgehead atoms. The Morgan fingerprint density at radius 1 is 1.07 bits per heavy atom. The molecule has 4 aromatic rings. The molecule has 2 N–H and O–H groups in total. The lowest BCUT2D eigenvalue weighted by molar-refractivity contribution is 0.315. The predicted octanol–water partition coefficient (Wildman–Crippen LogP) is 4.52. The summed E-state index contributed by atoms with van der Waals surface area (Å²) in [6.07, 6.45) is 6.96. The second kappa shape index (κ2) is 11.9. The van der Waals surface area contributed by atoms with E-state index in [1.54, 1.807) is 31.6 Å². The fraction of sp³-hybridized carbons (Fsp3) is 0.357. The lowest BCUT2D eigenvalue weighted by Crippen LogP contribution is -2.31. The molecule has 1 unspecified atom stereocenters. The summed E-state index contributed by atoms with van der Waals surface area (Å²) >= 11 is 3.52. The first-order chi connectivity index (χ1) is 20.0. The molecule has 1 fully saturated rings. The largest absolute Gasteiger partial charge is 0.494 e. The highest BCUT2D eigenvalue weighted by Gasteiger charge is 2.26. The number of ether oxygens (including phenoxy) is 1. The molecule has 1 aliphatic heterocycles. The Kier molecular flexibility index (Phi) is 8.39. The third-order valence-corrected chi connectivity index (χ3v) is 9.18. The molecular weight excluding hydrogens is 622 g/mol. The van der Waals surface area contributed by atoms with E-state index in [2.05, 4.69) is 83.4 Å². The van der Waals surface area contributed by atoms with Crippen molar-refractivity contribution in [2.75, 3.05) is 67.4 Å². The molecule has 1 saturated heterocycles. The van der Waals surface area contributed by atoms with Gasteiger partial charge in [-0.2, -0.15) is 4.98 Å². The number of likely N-dealkylation sites (N-methyl/N-ethyl adjacent to an activating group) is 1. The normalized spacial score (nSPS) is 15.3. The summed E-state index contributed by atoms with van der Waals surface area (Å²) in [5.74, 6) is 1.44. The first-order valence-corrected chi connectivity index (χ1v) is 15.9. The van der Waals surface area contributed by atoms with Crippen LogP contribution in [0.2, 0.25) is 0 Å². The van der Waals surface area contributed by atoms with Gasteiger partial charge in [0.15, 0.2) is 0 Å². The van der Waals surface area contributed by atoms with Crippen LogP contribution < -0.4 is 24.6 Å². The summed E-state index contributed by atoms with van der Waals surface area (Å²) in [6.45, 7) is 4.04. The summed E-state index contributed by atoms with van der Waals surface area (Å²) in [7, 11) is 3.76. The van der Waals surface area contributed by atoms with Crippen LogP contribution in [0.1, 0.15) is 12.0 Å². The first-order valence-electron chi connectivity index (χ1n) is 13.3. The van der Waals surface area contributed by atoms with Gasteiger partial charge >= 0.3 is 0 Å². The molecular formula is C28H34BrN9O3S.